The molecule has 1 fully saturated rings. The molecule has 0 saturated carbocycles. The Morgan fingerprint density at radius 1 is 1.50 bits per heavy atom. The molecule has 0 bridgehead atoms. The molecule has 1 saturated heterocycles. The van der Waals surface area contributed by atoms with Crippen molar-refractivity contribution in [2.45, 2.75) is 18.9 Å². The minimum atomic E-state index is -0.834. The maximum absolute atomic E-state index is 11.0. The molecule has 2 rings (SSSR count). The zero-order valence-corrected chi connectivity index (χ0v) is 8.03. The van der Waals surface area contributed by atoms with E-state index >= 15 is 0 Å². The van der Waals surface area contributed by atoms with Crippen LogP contribution in [0.15, 0.2) is 24.3 Å². The van der Waals surface area contributed by atoms with Crippen LogP contribution in [0.1, 0.15) is 28.8 Å². The number of rotatable bonds is 2. The van der Waals surface area contributed by atoms with Crippen LogP contribution in [-0.4, -0.2) is 23.7 Å². The van der Waals surface area contributed by atoms with E-state index in [1.807, 2.05) is 12.1 Å². The Morgan fingerprint density at radius 3 is 2.71 bits per heavy atom. The van der Waals surface area contributed by atoms with Gasteiger partial charge < -0.3 is 10.4 Å². The van der Waals surface area contributed by atoms with Gasteiger partial charge in [-0.3, -0.25) is 0 Å². The predicted octanol–water partition coefficient (Wildman–Crippen LogP) is 1.46. The number of benzene rings is 1. The van der Waals surface area contributed by atoms with Crippen molar-refractivity contribution in [2.24, 2.45) is 0 Å². The van der Waals surface area contributed by atoms with E-state index in [1.54, 1.807) is 12.1 Å². The number of carboxylic acids is 1. The third-order valence-electron chi connectivity index (χ3n) is 2.85. The molecule has 1 aromatic rings. The first-order valence-electron chi connectivity index (χ1n) is 4.75. The lowest BCUT2D eigenvalue weighted by molar-refractivity contribution is 0.0694. The topological polar surface area (TPSA) is 49.3 Å². The van der Waals surface area contributed by atoms with Crippen LogP contribution in [0.25, 0.3) is 0 Å². The van der Waals surface area contributed by atoms with Crippen molar-refractivity contribution in [1.29, 1.82) is 0 Å². The monoisotopic (exact) mass is 191 g/mol. The second kappa shape index (κ2) is 3.42. The van der Waals surface area contributed by atoms with Gasteiger partial charge in [-0.1, -0.05) is 18.2 Å². The fraction of sp³-hybridized carbons (Fsp3) is 0.364. The van der Waals surface area contributed by atoms with Gasteiger partial charge in [0.1, 0.15) is 0 Å². The summed E-state index contributed by atoms with van der Waals surface area (Å²) in [6, 6.07) is 7.63. The molecule has 2 N–H and O–H groups in total. The Hall–Kier alpha value is -1.35. The number of aromatic carboxylic acids is 1. The van der Waals surface area contributed by atoms with Crippen molar-refractivity contribution in [3.8, 4) is 0 Å². The van der Waals surface area contributed by atoms with Gasteiger partial charge in [0.15, 0.2) is 0 Å². The number of hydrogen-bond donors (Lipinski definition) is 2. The molecule has 0 unspecified atom stereocenters. The van der Waals surface area contributed by atoms with Crippen molar-refractivity contribution in [2.75, 3.05) is 6.54 Å². The quantitative estimate of drug-likeness (QED) is 0.744. The molecule has 3 heteroatoms. The summed E-state index contributed by atoms with van der Waals surface area (Å²) in [6.45, 7) is 2.96. The summed E-state index contributed by atoms with van der Waals surface area (Å²) in [6.07, 6.45) is 0. The summed E-state index contributed by atoms with van der Waals surface area (Å²) in [4.78, 5) is 11.0. The summed E-state index contributed by atoms with van der Waals surface area (Å²) < 4.78 is 0. The van der Waals surface area contributed by atoms with E-state index in [9.17, 15) is 4.79 Å². The average Bonchev–Trinajstić information content (AvgIpc) is 2.16. The van der Waals surface area contributed by atoms with Crippen LogP contribution < -0.4 is 5.32 Å². The Bertz CT molecular complexity index is 362. The Labute approximate surface area is 82.8 Å². The zero-order valence-electron chi connectivity index (χ0n) is 8.03. The highest BCUT2D eigenvalue weighted by molar-refractivity contribution is 5.89. The van der Waals surface area contributed by atoms with Gasteiger partial charge in [-0.15, -0.1) is 0 Å². The average molecular weight is 191 g/mol. The van der Waals surface area contributed by atoms with Gasteiger partial charge in [-0.05, 0) is 18.6 Å². The molecule has 1 aliphatic rings. The van der Waals surface area contributed by atoms with Crippen molar-refractivity contribution in [3.05, 3.63) is 35.4 Å². The highest BCUT2D eigenvalue weighted by Gasteiger charge is 2.30. The number of hydrogen-bond acceptors (Lipinski definition) is 2. The molecule has 1 heterocycles. The molecular formula is C11H13NO2. The first-order chi connectivity index (χ1) is 6.70. The summed E-state index contributed by atoms with van der Waals surface area (Å²) in [5.41, 5.74) is 1.39. The van der Waals surface area contributed by atoms with E-state index in [0.717, 1.165) is 12.1 Å². The number of nitrogens with one attached hydrogen (secondary N) is 1. The normalized spacial score (nSPS) is 25.5. The molecule has 1 aliphatic heterocycles. The van der Waals surface area contributed by atoms with E-state index in [-0.39, 0.29) is 0 Å². The lowest BCUT2D eigenvalue weighted by Gasteiger charge is -2.36. The minimum Gasteiger partial charge on any atom is -0.478 e. The molecule has 1 aromatic carbocycles. The van der Waals surface area contributed by atoms with Crippen molar-refractivity contribution >= 4 is 5.97 Å². The van der Waals surface area contributed by atoms with Gasteiger partial charge in [0, 0.05) is 18.5 Å². The predicted molar refractivity (Wildman–Crippen MR) is 53.6 cm³/mol. The van der Waals surface area contributed by atoms with E-state index in [1.165, 1.54) is 0 Å². The fourth-order valence-corrected chi connectivity index (χ4v) is 1.87. The van der Waals surface area contributed by atoms with Crippen LogP contribution in [-0.2, 0) is 0 Å². The first kappa shape index (κ1) is 9.21. The van der Waals surface area contributed by atoms with E-state index < -0.39 is 5.97 Å². The lowest BCUT2D eigenvalue weighted by atomic mass is 9.83. The van der Waals surface area contributed by atoms with Crippen molar-refractivity contribution < 1.29 is 9.90 Å². The molecule has 3 nitrogen and oxygen atoms in total. The molecule has 74 valence electrons. The SMILES string of the molecule is C[C@@H]1NC[C@H]1c1ccccc1C(=O)O. The van der Waals surface area contributed by atoms with Crippen molar-refractivity contribution in [1.82, 2.24) is 5.32 Å². The molecule has 0 spiro atoms. The van der Waals surface area contributed by atoms with Gasteiger partial charge in [-0.2, -0.15) is 0 Å². The molecule has 14 heavy (non-hydrogen) atoms. The van der Waals surface area contributed by atoms with Gasteiger partial charge in [0.05, 0.1) is 5.56 Å². The molecule has 0 aromatic heterocycles. The highest BCUT2D eigenvalue weighted by Crippen LogP contribution is 2.28. The van der Waals surface area contributed by atoms with Crippen LogP contribution in [0.4, 0.5) is 0 Å². The van der Waals surface area contributed by atoms with Gasteiger partial charge >= 0.3 is 5.97 Å². The van der Waals surface area contributed by atoms with Crippen LogP contribution >= 0.6 is 0 Å². The van der Waals surface area contributed by atoms with Crippen LogP contribution in [0, 0.1) is 0 Å². The molecule has 0 aliphatic carbocycles. The standard InChI is InChI=1S/C11H13NO2/c1-7-10(6-12-7)8-4-2-3-5-9(8)11(13)14/h2-5,7,10,12H,6H2,1H3,(H,13,14)/t7-,10+/m0/s1. The third kappa shape index (κ3) is 1.40. The first-order valence-corrected chi connectivity index (χ1v) is 4.75. The zero-order chi connectivity index (χ0) is 10.1. The lowest BCUT2D eigenvalue weighted by Crippen LogP contribution is -2.49. The third-order valence-corrected chi connectivity index (χ3v) is 2.85. The Balaban J connectivity index is 2.36. The van der Waals surface area contributed by atoms with Crippen LogP contribution in [0.5, 0.6) is 0 Å². The van der Waals surface area contributed by atoms with Crippen LogP contribution in [0.2, 0.25) is 0 Å². The molecular weight excluding hydrogens is 178 g/mol. The molecule has 2 atom stereocenters. The van der Waals surface area contributed by atoms with Crippen LogP contribution in [0.3, 0.4) is 0 Å². The summed E-state index contributed by atoms with van der Waals surface area (Å²) in [5, 5.41) is 12.2. The maximum atomic E-state index is 11.0. The maximum Gasteiger partial charge on any atom is 0.335 e. The summed E-state index contributed by atoms with van der Waals surface area (Å²) >= 11 is 0. The van der Waals surface area contributed by atoms with Crippen molar-refractivity contribution in [3.63, 3.8) is 0 Å². The molecule has 0 amide bonds. The van der Waals surface area contributed by atoms with E-state index in [4.69, 9.17) is 5.11 Å². The van der Waals surface area contributed by atoms with E-state index in [2.05, 4.69) is 12.2 Å². The molecule has 0 radical (unpaired) electrons. The highest BCUT2D eigenvalue weighted by atomic mass is 16.4. The van der Waals surface area contributed by atoms with E-state index in [0.29, 0.717) is 17.5 Å². The largest absolute Gasteiger partial charge is 0.478 e. The van der Waals surface area contributed by atoms with Gasteiger partial charge in [-0.25, -0.2) is 4.79 Å². The van der Waals surface area contributed by atoms with Gasteiger partial charge in [0.2, 0.25) is 0 Å². The summed E-state index contributed by atoms with van der Waals surface area (Å²) in [5.74, 6) is -0.484. The smallest absolute Gasteiger partial charge is 0.335 e. The van der Waals surface area contributed by atoms with Gasteiger partial charge in [0.25, 0.3) is 0 Å². The second-order valence-electron chi connectivity index (χ2n) is 3.70. The Kier molecular flexibility index (Phi) is 2.25. The second-order valence-corrected chi connectivity index (χ2v) is 3.70. The number of carboxylic acid groups (broad SMARTS) is 1. The number of carbonyl (C=O) groups is 1. The Morgan fingerprint density at radius 2 is 2.21 bits per heavy atom. The summed E-state index contributed by atoms with van der Waals surface area (Å²) in [7, 11) is 0. The fourth-order valence-electron chi connectivity index (χ4n) is 1.87. The minimum absolute atomic E-state index is 0.349.